The van der Waals surface area contributed by atoms with Crippen LogP contribution in [0.1, 0.15) is 11.1 Å². The Morgan fingerprint density at radius 1 is 0.255 bits per heavy atom. The second-order valence-corrected chi connectivity index (χ2v) is 13.1. The van der Waals surface area contributed by atoms with Gasteiger partial charge in [0.05, 0.1) is 0 Å². The van der Waals surface area contributed by atoms with E-state index in [1.54, 1.807) is 0 Å². The van der Waals surface area contributed by atoms with Crippen molar-refractivity contribution in [1.29, 1.82) is 0 Å². The van der Waals surface area contributed by atoms with Gasteiger partial charge in [0.2, 0.25) is 0 Å². The van der Waals surface area contributed by atoms with Gasteiger partial charge in [-0.3, -0.25) is 0 Å². The summed E-state index contributed by atoms with van der Waals surface area (Å²) in [6.45, 7) is 4.41. The molecule has 0 saturated heterocycles. The molecule has 0 N–H and O–H groups in total. The largest absolute Gasteiger partial charge is 0.310 e. The van der Waals surface area contributed by atoms with Gasteiger partial charge in [0.25, 0.3) is 0 Å². The lowest BCUT2D eigenvalue weighted by Gasteiger charge is -2.27. The van der Waals surface area contributed by atoms with Crippen molar-refractivity contribution in [3.8, 4) is 55.6 Å². The normalized spacial score (nSPS) is 10.9. The quantitative estimate of drug-likeness (QED) is 0.158. The van der Waals surface area contributed by atoms with Crippen LogP contribution in [0, 0.1) is 13.8 Å². The second kappa shape index (κ2) is 14.2. The molecule has 8 aromatic carbocycles. The molecule has 0 aliphatic rings. The SMILES string of the molecule is Cc1ccccc1-c1ccc(-c2ccccc2-c2cccc(N(c3cccc(-c4ccccc4)c3)c3cccc(-c4ccccc4)c3)c2)cc1C. The first-order valence-corrected chi connectivity index (χ1v) is 17.6. The predicted octanol–water partition coefficient (Wildman–Crippen LogP) is 14.1. The van der Waals surface area contributed by atoms with E-state index in [1.807, 2.05) is 0 Å². The Bertz CT molecular complexity index is 2360. The van der Waals surface area contributed by atoms with E-state index in [2.05, 4.69) is 219 Å². The Kier molecular flexibility index (Phi) is 8.85. The molecule has 0 saturated carbocycles. The summed E-state index contributed by atoms with van der Waals surface area (Å²) in [6, 6.07) is 72.2. The van der Waals surface area contributed by atoms with E-state index in [0.29, 0.717) is 0 Å². The Morgan fingerprint density at radius 2 is 0.647 bits per heavy atom. The third kappa shape index (κ3) is 6.63. The van der Waals surface area contributed by atoms with Crippen molar-refractivity contribution in [2.45, 2.75) is 13.8 Å². The zero-order valence-corrected chi connectivity index (χ0v) is 29.0. The van der Waals surface area contributed by atoms with E-state index in [-0.39, 0.29) is 0 Å². The molecule has 0 atom stereocenters. The minimum atomic E-state index is 1.10. The number of hydrogen-bond acceptors (Lipinski definition) is 1. The molecule has 0 aliphatic carbocycles. The molecule has 0 bridgehead atoms. The van der Waals surface area contributed by atoms with Crippen LogP contribution in [0.25, 0.3) is 55.6 Å². The number of nitrogens with zero attached hydrogens (tertiary/aromatic N) is 1. The van der Waals surface area contributed by atoms with Crippen LogP contribution in [0.3, 0.4) is 0 Å². The third-order valence-electron chi connectivity index (χ3n) is 9.74. The van der Waals surface area contributed by atoms with Crippen molar-refractivity contribution < 1.29 is 0 Å². The smallest absolute Gasteiger partial charge is 0.0467 e. The average molecular weight is 654 g/mol. The van der Waals surface area contributed by atoms with E-state index in [1.165, 1.54) is 66.8 Å². The zero-order chi connectivity index (χ0) is 34.6. The van der Waals surface area contributed by atoms with Gasteiger partial charge < -0.3 is 4.90 Å². The van der Waals surface area contributed by atoms with Gasteiger partial charge in [0.15, 0.2) is 0 Å². The highest BCUT2D eigenvalue weighted by atomic mass is 15.1. The fourth-order valence-electron chi connectivity index (χ4n) is 7.17. The van der Waals surface area contributed by atoms with Crippen LogP contribution in [0.15, 0.2) is 200 Å². The number of aryl methyl sites for hydroxylation is 2. The first-order chi connectivity index (χ1) is 25.1. The number of benzene rings is 8. The summed E-state index contributed by atoms with van der Waals surface area (Å²) >= 11 is 0. The third-order valence-corrected chi connectivity index (χ3v) is 9.74. The molecule has 1 nitrogen and oxygen atoms in total. The van der Waals surface area contributed by atoms with E-state index in [4.69, 9.17) is 0 Å². The molecule has 0 heterocycles. The maximum Gasteiger partial charge on any atom is 0.0467 e. The van der Waals surface area contributed by atoms with Gasteiger partial charge in [-0.15, -0.1) is 0 Å². The highest BCUT2D eigenvalue weighted by molar-refractivity contribution is 5.89. The fourth-order valence-corrected chi connectivity index (χ4v) is 7.17. The summed E-state index contributed by atoms with van der Waals surface area (Å²) in [6.07, 6.45) is 0. The molecule has 0 aliphatic heterocycles. The van der Waals surface area contributed by atoms with Crippen molar-refractivity contribution in [3.63, 3.8) is 0 Å². The summed E-state index contributed by atoms with van der Waals surface area (Å²) in [5, 5.41) is 0. The first kappa shape index (κ1) is 31.8. The highest BCUT2D eigenvalue weighted by Crippen LogP contribution is 2.41. The Labute approximate surface area is 301 Å². The standard InChI is InChI=1S/C50H39N/c1-36-16-9-10-27-47(36)48-31-30-43(32-37(48)2)50-29-12-11-28-49(50)42-23-15-26-46(35-42)51(44-24-13-21-40(33-44)38-17-5-3-6-18-38)45-25-14-22-41(34-45)39-19-7-4-8-20-39/h3-35H,1-2H3. The van der Waals surface area contributed by atoms with E-state index >= 15 is 0 Å². The molecule has 0 fully saturated rings. The summed E-state index contributed by atoms with van der Waals surface area (Å²) in [7, 11) is 0. The van der Waals surface area contributed by atoms with Crippen LogP contribution in [0.2, 0.25) is 0 Å². The van der Waals surface area contributed by atoms with Crippen LogP contribution < -0.4 is 4.90 Å². The van der Waals surface area contributed by atoms with Crippen molar-refractivity contribution in [1.82, 2.24) is 0 Å². The summed E-state index contributed by atoms with van der Waals surface area (Å²) in [4.78, 5) is 2.38. The Balaban J connectivity index is 1.24. The fraction of sp³-hybridized carbons (Fsp3) is 0.0400. The zero-order valence-electron chi connectivity index (χ0n) is 29.0. The van der Waals surface area contributed by atoms with Crippen LogP contribution in [-0.4, -0.2) is 0 Å². The predicted molar refractivity (Wildman–Crippen MR) is 218 cm³/mol. The molecule has 0 amide bonds. The summed E-state index contributed by atoms with van der Waals surface area (Å²) in [5.41, 5.74) is 18.0. The van der Waals surface area contributed by atoms with Gasteiger partial charge in [-0.2, -0.15) is 0 Å². The average Bonchev–Trinajstić information content (AvgIpc) is 3.19. The molecule has 0 radical (unpaired) electrons. The molecular weight excluding hydrogens is 615 g/mol. The van der Waals surface area contributed by atoms with Crippen LogP contribution >= 0.6 is 0 Å². The van der Waals surface area contributed by atoms with Crippen molar-refractivity contribution >= 4 is 17.1 Å². The lowest BCUT2D eigenvalue weighted by Crippen LogP contribution is -2.10. The van der Waals surface area contributed by atoms with E-state index in [0.717, 1.165) is 17.1 Å². The topological polar surface area (TPSA) is 3.24 Å². The van der Waals surface area contributed by atoms with E-state index in [9.17, 15) is 0 Å². The lowest BCUT2D eigenvalue weighted by molar-refractivity contribution is 1.28. The van der Waals surface area contributed by atoms with Gasteiger partial charge in [0.1, 0.15) is 0 Å². The van der Waals surface area contributed by atoms with Gasteiger partial charge in [-0.05, 0) is 117 Å². The van der Waals surface area contributed by atoms with Crippen molar-refractivity contribution in [3.05, 3.63) is 211 Å². The molecule has 1 heteroatoms. The van der Waals surface area contributed by atoms with Gasteiger partial charge in [-0.1, -0.05) is 164 Å². The number of anilines is 3. The molecule has 0 aromatic heterocycles. The maximum atomic E-state index is 2.38. The Hall–Kier alpha value is -6.44. The molecule has 244 valence electrons. The minimum Gasteiger partial charge on any atom is -0.310 e. The molecule has 51 heavy (non-hydrogen) atoms. The van der Waals surface area contributed by atoms with Crippen LogP contribution in [0.5, 0.6) is 0 Å². The highest BCUT2D eigenvalue weighted by Gasteiger charge is 2.17. The second-order valence-electron chi connectivity index (χ2n) is 13.1. The number of hydrogen-bond donors (Lipinski definition) is 0. The molecule has 8 aromatic rings. The minimum absolute atomic E-state index is 1.10. The first-order valence-electron chi connectivity index (χ1n) is 17.6. The maximum absolute atomic E-state index is 2.38. The number of rotatable bonds is 8. The van der Waals surface area contributed by atoms with Crippen molar-refractivity contribution in [2.24, 2.45) is 0 Å². The monoisotopic (exact) mass is 653 g/mol. The van der Waals surface area contributed by atoms with Gasteiger partial charge in [-0.25, -0.2) is 0 Å². The summed E-state index contributed by atoms with van der Waals surface area (Å²) in [5.74, 6) is 0. The molecule has 8 rings (SSSR count). The lowest BCUT2D eigenvalue weighted by atomic mass is 9.90. The van der Waals surface area contributed by atoms with Gasteiger partial charge in [0, 0.05) is 17.1 Å². The van der Waals surface area contributed by atoms with Crippen LogP contribution in [0.4, 0.5) is 17.1 Å². The molecule has 0 spiro atoms. The summed E-state index contributed by atoms with van der Waals surface area (Å²) < 4.78 is 0. The van der Waals surface area contributed by atoms with Crippen molar-refractivity contribution in [2.75, 3.05) is 4.90 Å². The Morgan fingerprint density at radius 3 is 1.16 bits per heavy atom. The van der Waals surface area contributed by atoms with E-state index < -0.39 is 0 Å². The molecular formula is C50H39N. The van der Waals surface area contributed by atoms with Crippen LogP contribution in [-0.2, 0) is 0 Å². The van der Waals surface area contributed by atoms with Gasteiger partial charge >= 0.3 is 0 Å². The molecule has 0 unspecified atom stereocenters.